The zero-order valence-corrected chi connectivity index (χ0v) is 25.9. The van der Waals surface area contributed by atoms with Crippen LogP contribution in [0.5, 0.6) is 0 Å². The highest BCUT2D eigenvalue weighted by Crippen LogP contribution is 2.20. The molecule has 12 N–H and O–H groups in total. The Morgan fingerprint density at radius 2 is 1.55 bits per heavy atom. The number of likely N-dealkylation sites (tertiary alicyclic amines) is 1. The molecule has 0 aromatic rings. The highest BCUT2D eigenvalue weighted by Gasteiger charge is 2.39. The molecule has 0 aromatic heterocycles. The van der Waals surface area contributed by atoms with Gasteiger partial charge < -0.3 is 49.1 Å². The van der Waals surface area contributed by atoms with E-state index >= 15 is 0 Å². The molecule has 0 saturated carbocycles. The first-order chi connectivity index (χ1) is 20.6. The molecule has 248 valence electrons. The van der Waals surface area contributed by atoms with Gasteiger partial charge in [-0.2, -0.15) is 0 Å². The van der Waals surface area contributed by atoms with Gasteiger partial charge in [-0.05, 0) is 44.9 Å². The van der Waals surface area contributed by atoms with Crippen LogP contribution < -0.4 is 44.2 Å². The molecule has 0 radical (unpaired) electrons. The van der Waals surface area contributed by atoms with Crippen molar-refractivity contribution in [2.45, 2.75) is 103 Å². The van der Waals surface area contributed by atoms with Gasteiger partial charge in [0.1, 0.15) is 30.2 Å². The van der Waals surface area contributed by atoms with Gasteiger partial charge in [0.15, 0.2) is 5.96 Å². The molecule has 7 amide bonds. The molecular weight excluding hydrogens is 576 g/mol. The van der Waals surface area contributed by atoms with Gasteiger partial charge in [-0.25, -0.2) is 0 Å². The van der Waals surface area contributed by atoms with E-state index in [1.54, 1.807) is 6.92 Å². The number of hydrogen-bond donors (Lipinski definition) is 8. The maximum atomic E-state index is 13.8. The van der Waals surface area contributed by atoms with Gasteiger partial charge in [0.25, 0.3) is 0 Å². The fourth-order valence-corrected chi connectivity index (χ4v) is 4.66. The van der Waals surface area contributed by atoms with E-state index in [9.17, 15) is 33.6 Å². The summed E-state index contributed by atoms with van der Waals surface area (Å²) in [5, 5.41) is 10.3. The van der Waals surface area contributed by atoms with Gasteiger partial charge in [-0.1, -0.05) is 20.3 Å². The van der Waals surface area contributed by atoms with Crippen LogP contribution in [0.25, 0.3) is 0 Å². The van der Waals surface area contributed by atoms with Crippen LogP contribution in [0.3, 0.4) is 0 Å². The number of primary amides is 2. The second-order valence-corrected chi connectivity index (χ2v) is 11.0. The largest absolute Gasteiger partial charge is 0.370 e. The Hall–Kier alpha value is -4.44. The molecule has 0 bridgehead atoms. The lowest BCUT2D eigenvalue weighted by molar-refractivity contribution is -0.142. The summed E-state index contributed by atoms with van der Waals surface area (Å²) >= 11 is 0. The highest BCUT2D eigenvalue weighted by atomic mass is 16.2. The number of carbonyl (C=O) groups excluding carboxylic acids is 7. The molecule has 0 unspecified atom stereocenters. The van der Waals surface area contributed by atoms with E-state index in [4.69, 9.17) is 22.9 Å². The number of rotatable bonds is 18. The third-order valence-electron chi connectivity index (χ3n) is 7.35. The SMILES string of the molecule is CC[C@H](C)[C@H](NC(=O)[C@@H](CCC(N)=O)NC(C)=O)C(=O)N[C@@H](CCCN=C(N)N)C(=O)N1CCC[C@H]1C(=O)N[C@H](C)C(N)=O. The van der Waals surface area contributed by atoms with E-state index in [0.717, 1.165) is 0 Å². The monoisotopic (exact) mass is 624 g/mol. The smallest absolute Gasteiger partial charge is 0.245 e. The van der Waals surface area contributed by atoms with Gasteiger partial charge in [-0.15, -0.1) is 0 Å². The Morgan fingerprint density at radius 3 is 2.09 bits per heavy atom. The van der Waals surface area contributed by atoms with Crippen LogP contribution >= 0.6 is 0 Å². The Kier molecular flexibility index (Phi) is 15.6. The topological polar surface area (TPSA) is 287 Å². The molecule has 44 heavy (non-hydrogen) atoms. The van der Waals surface area contributed by atoms with E-state index in [2.05, 4.69) is 26.3 Å². The van der Waals surface area contributed by atoms with E-state index < -0.39 is 77.5 Å². The number of hydrogen-bond acceptors (Lipinski definition) is 8. The van der Waals surface area contributed by atoms with E-state index in [1.807, 2.05) is 6.92 Å². The Morgan fingerprint density at radius 1 is 0.886 bits per heavy atom. The minimum atomic E-state index is -1.12. The van der Waals surface area contributed by atoms with Crippen LogP contribution in [0, 0.1) is 5.92 Å². The van der Waals surface area contributed by atoms with Crippen molar-refractivity contribution < 1.29 is 33.6 Å². The summed E-state index contributed by atoms with van der Waals surface area (Å²) in [6, 6.07) is -5.17. The zero-order chi connectivity index (χ0) is 33.6. The summed E-state index contributed by atoms with van der Waals surface area (Å²) < 4.78 is 0. The van der Waals surface area contributed by atoms with Crippen molar-refractivity contribution in [1.82, 2.24) is 26.2 Å². The molecule has 1 aliphatic rings. The first-order valence-corrected chi connectivity index (χ1v) is 14.7. The molecule has 0 aromatic carbocycles. The summed E-state index contributed by atoms with van der Waals surface area (Å²) in [5.74, 6) is -4.87. The lowest BCUT2D eigenvalue weighted by Crippen LogP contribution is -2.60. The average Bonchev–Trinajstić information content (AvgIpc) is 3.44. The molecule has 17 heteroatoms. The van der Waals surface area contributed by atoms with Crippen LogP contribution in [-0.4, -0.2) is 95.5 Å². The number of amides is 7. The number of nitrogens with zero attached hydrogens (tertiary/aromatic N) is 2. The van der Waals surface area contributed by atoms with E-state index in [1.165, 1.54) is 18.7 Å². The number of nitrogens with one attached hydrogen (secondary N) is 4. The van der Waals surface area contributed by atoms with Crippen LogP contribution in [0.2, 0.25) is 0 Å². The number of aliphatic imine (C=N–C) groups is 1. The standard InChI is InChI=1S/C27H48N10O7/c1-5-14(2)21(36-23(41)17(34-16(4)38)10-11-20(28)39)25(43)35-18(8-6-12-32-27(30)31)26(44)37-13-7-9-19(37)24(42)33-15(3)22(29)40/h14-15,17-19,21H,5-13H2,1-4H3,(H2,28,39)(H2,29,40)(H,33,42)(H,34,38)(H,35,43)(H,36,41)(H4,30,31,32)/t14-,15+,17+,18-,19-,21-/m0/s1. The van der Waals surface area contributed by atoms with Gasteiger partial charge in [-0.3, -0.25) is 38.6 Å². The van der Waals surface area contributed by atoms with E-state index in [-0.39, 0.29) is 38.3 Å². The second-order valence-electron chi connectivity index (χ2n) is 11.0. The van der Waals surface area contributed by atoms with Gasteiger partial charge >= 0.3 is 0 Å². The van der Waals surface area contributed by atoms with Crippen molar-refractivity contribution in [3.05, 3.63) is 0 Å². The van der Waals surface area contributed by atoms with Crippen molar-refractivity contribution in [3.63, 3.8) is 0 Å². The second kappa shape index (κ2) is 18.3. The summed E-state index contributed by atoms with van der Waals surface area (Å²) in [5.41, 5.74) is 21.3. The lowest BCUT2D eigenvalue weighted by Gasteiger charge is -2.31. The zero-order valence-electron chi connectivity index (χ0n) is 25.9. The predicted octanol–water partition coefficient (Wildman–Crippen LogP) is -3.19. The minimum absolute atomic E-state index is 0.0751. The average molecular weight is 625 g/mol. The van der Waals surface area contributed by atoms with Crippen molar-refractivity contribution in [3.8, 4) is 0 Å². The lowest BCUT2D eigenvalue weighted by atomic mass is 9.96. The first-order valence-electron chi connectivity index (χ1n) is 14.7. The van der Waals surface area contributed by atoms with Crippen molar-refractivity contribution >= 4 is 47.3 Å². The third kappa shape index (κ3) is 12.4. The normalized spacial score (nSPS) is 17.6. The maximum Gasteiger partial charge on any atom is 0.245 e. The Labute approximate surface area is 257 Å². The quantitative estimate of drug-likeness (QED) is 0.0432. The molecule has 1 fully saturated rings. The Bertz CT molecular complexity index is 1090. The number of guanidine groups is 1. The summed E-state index contributed by atoms with van der Waals surface area (Å²) in [6.45, 7) is 6.60. The summed E-state index contributed by atoms with van der Waals surface area (Å²) in [4.78, 5) is 93.2. The van der Waals surface area contributed by atoms with E-state index in [0.29, 0.717) is 25.7 Å². The minimum Gasteiger partial charge on any atom is -0.370 e. The van der Waals surface area contributed by atoms with Crippen LogP contribution in [0.4, 0.5) is 0 Å². The van der Waals surface area contributed by atoms with Gasteiger partial charge in [0.05, 0.1) is 0 Å². The molecule has 1 saturated heterocycles. The fraction of sp³-hybridized carbons (Fsp3) is 0.704. The molecular formula is C27H48N10O7. The molecule has 1 heterocycles. The molecule has 1 rings (SSSR count). The first kappa shape index (κ1) is 37.6. The molecule has 6 atom stereocenters. The highest BCUT2D eigenvalue weighted by molar-refractivity contribution is 5.96. The third-order valence-corrected chi connectivity index (χ3v) is 7.35. The number of nitrogens with two attached hydrogens (primary N) is 4. The summed E-state index contributed by atoms with van der Waals surface area (Å²) in [7, 11) is 0. The van der Waals surface area contributed by atoms with Crippen molar-refractivity contribution in [2.75, 3.05) is 13.1 Å². The molecule has 17 nitrogen and oxygen atoms in total. The number of carbonyl (C=O) groups is 7. The molecule has 0 spiro atoms. The molecule has 1 aliphatic heterocycles. The van der Waals surface area contributed by atoms with Crippen LogP contribution in [-0.2, 0) is 33.6 Å². The van der Waals surface area contributed by atoms with Crippen LogP contribution in [0.1, 0.15) is 72.6 Å². The fourth-order valence-electron chi connectivity index (χ4n) is 4.66. The Balaban J connectivity index is 3.23. The maximum absolute atomic E-state index is 13.8. The van der Waals surface area contributed by atoms with Crippen molar-refractivity contribution in [1.29, 1.82) is 0 Å². The summed E-state index contributed by atoms with van der Waals surface area (Å²) in [6.07, 6.45) is 1.50. The van der Waals surface area contributed by atoms with Gasteiger partial charge in [0.2, 0.25) is 41.4 Å². The molecule has 0 aliphatic carbocycles. The predicted molar refractivity (Wildman–Crippen MR) is 161 cm³/mol. The van der Waals surface area contributed by atoms with Crippen molar-refractivity contribution in [2.24, 2.45) is 33.8 Å². The van der Waals surface area contributed by atoms with Crippen LogP contribution in [0.15, 0.2) is 4.99 Å². The van der Waals surface area contributed by atoms with Gasteiger partial charge in [0, 0.05) is 26.4 Å².